The minimum absolute atomic E-state index is 0.00307. The number of aryl methyl sites for hydroxylation is 1. The second-order valence-electron chi connectivity index (χ2n) is 5.17. The zero-order valence-electron chi connectivity index (χ0n) is 12.1. The van der Waals surface area contributed by atoms with Gasteiger partial charge in [-0.1, -0.05) is 20.3 Å². The number of nitrogens with one attached hydrogen (secondary N) is 1. The van der Waals surface area contributed by atoms with Crippen LogP contribution < -0.4 is 5.32 Å². The van der Waals surface area contributed by atoms with E-state index in [1.807, 2.05) is 6.92 Å². The Labute approximate surface area is 118 Å². The van der Waals surface area contributed by atoms with Crippen molar-refractivity contribution >= 4 is 17.3 Å². The highest BCUT2D eigenvalue weighted by molar-refractivity contribution is 5.97. The first-order valence-corrected chi connectivity index (χ1v) is 6.49. The summed E-state index contributed by atoms with van der Waals surface area (Å²) in [5.74, 6) is -0.707. The van der Waals surface area contributed by atoms with Crippen molar-refractivity contribution in [2.75, 3.05) is 5.32 Å². The molecule has 0 bridgehead atoms. The normalized spacial score (nSPS) is 15.2. The molecule has 0 fully saturated rings. The van der Waals surface area contributed by atoms with Crippen LogP contribution in [0.2, 0.25) is 0 Å². The fourth-order valence-electron chi connectivity index (χ4n) is 1.82. The van der Waals surface area contributed by atoms with Crippen LogP contribution in [0, 0.1) is 23.0 Å². The van der Waals surface area contributed by atoms with Crippen LogP contribution in [0.25, 0.3) is 0 Å². The molecule has 1 amide bonds. The van der Waals surface area contributed by atoms with Crippen molar-refractivity contribution in [3.05, 3.63) is 33.9 Å². The molecule has 0 saturated carbocycles. The van der Waals surface area contributed by atoms with E-state index in [-0.39, 0.29) is 11.6 Å². The van der Waals surface area contributed by atoms with Crippen molar-refractivity contribution in [1.82, 2.24) is 0 Å². The molecular formula is C14H20N2O4. The predicted octanol–water partition coefficient (Wildman–Crippen LogP) is 2.64. The Bertz CT molecular complexity index is 526. The van der Waals surface area contributed by atoms with E-state index in [2.05, 4.69) is 5.32 Å². The van der Waals surface area contributed by atoms with Crippen molar-refractivity contribution < 1.29 is 14.8 Å². The molecule has 1 rings (SSSR count). The van der Waals surface area contributed by atoms with Crippen molar-refractivity contribution in [2.24, 2.45) is 5.92 Å². The number of aliphatic hydroxyl groups is 1. The van der Waals surface area contributed by atoms with Gasteiger partial charge in [0.1, 0.15) is 5.60 Å². The average Bonchev–Trinajstić information content (AvgIpc) is 2.37. The van der Waals surface area contributed by atoms with Gasteiger partial charge in [0, 0.05) is 17.3 Å². The smallest absolute Gasteiger partial charge is 0.272 e. The van der Waals surface area contributed by atoms with Crippen LogP contribution in [0.3, 0.4) is 0 Å². The van der Waals surface area contributed by atoms with Gasteiger partial charge in [0.2, 0.25) is 0 Å². The molecule has 1 aromatic rings. The topological polar surface area (TPSA) is 92.5 Å². The summed E-state index contributed by atoms with van der Waals surface area (Å²) in [6.45, 7) is 6.75. The highest BCUT2D eigenvalue weighted by Crippen LogP contribution is 2.25. The number of benzene rings is 1. The maximum atomic E-state index is 12.1. The number of hydrogen-bond donors (Lipinski definition) is 2. The van der Waals surface area contributed by atoms with E-state index in [0.29, 0.717) is 17.7 Å². The third kappa shape index (κ3) is 3.33. The van der Waals surface area contributed by atoms with Crippen molar-refractivity contribution in [3.63, 3.8) is 0 Å². The van der Waals surface area contributed by atoms with Crippen molar-refractivity contribution in [2.45, 2.75) is 39.7 Å². The molecule has 0 spiro atoms. The third-order valence-electron chi connectivity index (χ3n) is 3.68. The van der Waals surface area contributed by atoms with E-state index in [4.69, 9.17) is 0 Å². The number of nitro benzene ring substituents is 1. The number of nitro groups is 1. The van der Waals surface area contributed by atoms with Crippen molar-refractivity contribution in [1.29, 1.82) is 0 Å². The lowest BCUT2D eigenvalue weighted by molar-refractivity contribution is -0.385. The number of carbonyl (C=O) groups is 1. The van der Waals surface area contributed by atoms with Gasteiger partial charge < -0.3 is 10.4 Å². The molecule has 0 aromatic heterocycles. The van der Waals surface area contributed by atoms with Crippen molar-refractivity contribution in [3.8, 4) is 0 Å². The number of anilines is 1. The summed E-state index contributed by atoms with van der Waals surface area (Å²) in [5.41, 5.74) is -0.598. The van der Waals surface area contributed by atoms with Crippen LogP contribution in [0.1, 0.15) is 32.8 Å². The Morgan fingerprint density at radius 3 is 2.60 bits per heavy atom. The molecule has 1 aromatic carbocycles. The Morgan fingerprint density at radius 2 is 2.15 bits per heavy atom. The predicted molar refractivity (Wildman–Crippen MR) is 76.5 cm³/mol. The minimum atomic E-state index is -1.48. The molecule has 0 radical (unpaired) electrons. The highest BCUT2D eigenvalue weighted by atomic mass is 16.6. The van der Waals surface area contributed by atoms with Crippen LogP contribution in [0.4, 0.5) is 11.4 Å². The van der Waals surface area contributed by atoms with Crippen LogP contribution >= 0.6 is 0 Å². The Morgan fingerprint density at radius 1 is 1.55 bits per heavy atom. The Balaban J connectivity index is 2.92. The second-order valence-corrected chi connectivity index (χ2v) is 5.17. The monoisotopic (exact) mass is 280 g/mol. The van der Waals surface area contributed by atoms with E-state index in [9.17, 15) is 20.0 Å². The first-order valence-electron chi connectivity index (χ1n) is 6.49. The molecule has 20 heavy (non-hydrogen) atoms. The molecule has 0 aliphatic heterocycles. The fourth-order valence-corrected chi connectivity index (χ4v) is 1.82. The van der Waals surface area contributed by atoms with Gasteiger partial charge in [-0.3, -0.25) is 14.9 Å². The summed E-state index contributed by atoms with van der Waals surface area (Å²) in [4.78, 5) is 22.3. The summed E-state index contributed by atoms with van der Waals surface area (Å²) in [6.07, 6.45) is 0.666. The Hall–Kier alpha value is -1.95. The van der Waals surface area contributed by atoms with Gasteiger partial charge in [0.05, 0.1) is 4.92 Å². The van der Waals surface area contributed by atoms with E-state index < -0.39 is 16.4 Å². The van der Waals surface area contributed by atoms with Gasteiger partial charge in [0.15, 0.2) is 0 Å². The maximum Gasteiger partial charge on any atom is 0.272 e. The van der Waals surface area contributed by atoms with Gasteiger partial charge in [-0.05, 0) is 31.9 Å². The molecule has 2 unspecified atom stereocenters. The fraction of sp³-hybridized carbons (Fsp3) is 0.500. The lowest BCUT2D eigenvalue weighted by atomic mass is 9.88. The van der Waals surface area contributed by atoms with Gasteiger partial charge >= 0.3 is 0 Å². The van der Waals surface area contributed by atoms with E-state index >= 15 is 0 Å². The zero-order valence-corrected chi connectivity index (χ0v) is 12.1. The van der Waals surface area contributed by atoms with Gasteiger partial charge in [-0.15, -0.1) is 0 Å². The quantitative estimate of drug-likeness (QED) is 0.640. The van der Waals surface area contributed by atoms with Crippen LogP contribution in [0.15, 0.2) is 18.2 Å². The third-order valence-corrected chi connectivity index (χ3v) is 3.68. The molecule has 6 nitrogen and oxygen atoms in total. The molecule has 0 heterocycles. The SMILES string of the molecule is CCC(C)C(C)(O)C(=O)Nc1ccc([N+](=O)[O-])c(C)c1. The highest BCUT2D eigenvalue weighted by Gasteiger charge is 2.35. The summed E-state index contributed by atoms with van der Waals surface area (Å²) in [7, 11) is 0. The van der Waals surface area contributed by atoms with Gasteiger partial charge in [-0.2, -0.15) is 0 Å². The largest absolute Gasteiger partial charge is 0.380 e. The summed E-state index contributed by atoms with van der Waals surface area (Å²) in [5, 5.41) is 23.5. The molecule has 0 aliphatic rings. The molecule has 110 valence electrons. The van der Waals surface area contributed by atoms with E-state index in [1.165, 1.54) is 25.1 Å². The Kier molecular flexibility index (Phi) is 4.83. The van der Waals surface area contributed by atoms with Crippen LogP contribution in [-0.2, 0) is 4.79 Å². The second kappa shape index (κ2) is 6.00. The molecular weight excluding hydrogens is 260 g/mol. The number of nitrogens with zero attached hydrogens (tertiary/aromatic N) is 1. The lowest BCUT2D eigenvalue weighted by Gasteiger charge is -2.28. The van der Waals surface area contributed by atoms with E-state index in [0.717, 1.165) is 0 Å². The lowest BCUT2D eigenvalue weighted by Crippen LogP contribution is -2.45. The minimum Gasteiger partial charge on any atom is -0.380 e. The standard InChI is InChI=1S/C14H20N2O4/c1-5-10(3)14(4,18)13(17)15-11-6-7-12(16(19)20)9(2)8-11/h6-8,10,18H,5H2,1-4H3,(H,15,17). The van der Waals surface area contributed by atoms with Gasteiger partial charge in [0.25, 0.3) is 11.6 Å². The number of rotatable bonds is 5. The molecule has 2 atom stereocenters. The van der Waals surface area contributed by atoms with Crippen LogP contribution in [-0.4, -0.2) is 21.5 Å². The maximum absolute atomic E-state index is 12.1. The number of amides is 1. The summed E-state index contributed by atoms with van der Waals surface area (Å²) < 4.78 is 0. The first kappa shape index (κ1) is 16.1. The van der Waals surface area contributed by atoms with Gasteiger partial charge in [-0.25, -0.2) is 0 Å². The molecule has 2 N–H and O–H groups in total. The molecule has 0 saturated heterocycles. The van der Waals surface area contributed by atoms with E-state index in [1.54, 1.807) is 13.8 Å². The number of carbonyl (C=O) groups excluding carboxylic acids is 1. The summed E-state index contributed by atoms with van der Waals surface area (Å²) >= 11 is 0. The number of hydrogen-bond acceptors (Lipinski definition) is 4. The zero-order chi connectivity index (χ0) is 15.5. The molecule has 0 aliphatic carbocycles. The first-order chi connectivity index (χ1) is 9.20. The van der Waals surface area contributed by atoms with Crippen LogP contribution in [0.5, 0.6) is 0 Å². The molecule has 6 heteroatoms. The summed E-state index contributed by atoms with van der Waals surface area (Å²) in [6, 6.07) is 4.31. The average molecular weight is 280 g/mol.